The monoisotopic (exact) mass is 893 g/mol. The lowest BCUT2D eigenvalue weighted by molar-refractivity contribution is -0.162. The molecule has 0 unspecified atom stereocenters. The second kappa shape index (κ2) is 54.7. The summed E-state index contributed by atoms with van der Waals surface area (Å²) in [6.07, 6.45) is 70.6. The molecule has 370 valence electrons. The standard InChI is InChI=1S/C59H104O5/c1-4-7-10-13-16-19-22-25-28-30-32-35-38-41-44-47-50-53-59(61)64-57(55-62-54-51-48-45-42-39-36-33-29-26-23-20-17-14-11-8-5-2)56-63-58(60)52-49-46-43-40-37-34-31-27-24-21-18-15-12-9-6-3/h16,18-19,21,25,27-28,31-32,35,41,44,57H,4-15,17,20,22-24,26,29-30,33-34,36-40,42-43,45-56H2,1-3H3/b19-16-,21-18-,28-25-,31-27-,35-32-,44-41-/t57-/m1/s1. The summed E-state index contributed by atoms with van der Waals surface area (Å²) >= 11 is 0. The third kappa shape index (κ3) is 52.0. The Morgan fingerprint density at radius 2 is 0.672 bits per heavy atom. The summed E-state index contributed by atoms with van der Waals surface area (Å²) < 4.78 is 17.4. The number of carbonyl (C=O) groups is 2. The van der Waals surface area contributed by atoms with Crippen molar-refractivity contribution in [2.75, 3.05) is 19.8 Å². The maximum atomic E-state index is 12.8. The molecule has 0 aromatic carbocycles. The second-order valence-corrected chi connectivity index (χ2v) is 18.1. The van der Waals surface area contributed by atoms with Gasteiger partial charge in [0.1, 0.15) is 6.61 Å². The van der Waals surface area contributed by atoms with E-state index in [2.05, 4.69) is 93.7 Å². The summed E-state index contributed by atoms with van der Waals surface area (Å²) in [7, 11) is 0. The van der Waals surface area contributed by atoms with Crippen LogP contribution >= 0.6 is 0 Å². The van der Waals surface area contributed by atoms with Crippen molar-refractivity contribution in [1.29, 1.82) is 0 Å². The summed E-state index contributed by atoms with van der Waals surface area (Å²) in [6.45, 7) is 7.73. The molecule has 0 rings (SSSR count). The summed E-state index contributed by atoms with van der Waals surface area (Å²) in [5, 5.41) is 0. The average molecular weight is 893 g/mol. The molecular formula is C59H104O5. The number of esters is 2. The van der Waals surface area contributed by atoms with Gasteiger partial charge in [0.05, 0.1) is 6.61 Å². The Kier molecular flexibility index (Phi) is 52.4. The van der Waals surface area contributed by atoms with E-state index in [1.807, 2.05) is 0 Å². The largest absolute Gasteiger partial charge is 0.462 e. The molecule has 64 heavy (non-hydrogen) atoms. The maximum absolute atomic E-state index is 12.8. The van der Waals surface area contributed by atoms with E-state index in [0.717, 1.165) is 77.0 Å². The van der Waals surface area contributed by atoms with E-state index < -0.39 is 6.10 Å². The number of unbranched alkanes of at least 4 members (excludes halogenated alkanes) is 27. The first kappa shape index (κ1) is 61.3. The highest BCUT2D eigenvalue weighted by molar-refractivity contribution is 5.70. The lowest BCUT2D eigenvalue weighted by Crippen LogP contribution is -2.30. The topological polar surface area (TPSA) is 61.8 Å². The zero-order valence-corrected chi connectivity index (χ0v) is 42.5. The Morgan fingerprint density at radius 3 is 1.12 bits per heavy atom. The molecule has 0 fully saturated rings. The fraction of sp³-hybridized carbons (Fsp3) is 0.763. The van der Waals surface area contributed by atoms with E-state index in [0.29, 0.717) is 19.4 Å². The highest BCUT2D eigenvalue weighted by Crippen LogP contribution is 2.15. The quantitative estimate of drug-likeness (QED) is 0.0346. The average Bonchev–Trinajstić information content (AvgIpc) is 3.30. The first-order chi connectivity index (χ1) is 31.6. The van der Waals surface area contributed by atoms with Crippen LogP contribution in [-0.2, 0) is 23.8 Å². The highest BCUT2D eigenvalue weighted by Gasteiger charge is 2.17. The predicted octanol–water partition coefficient (Wildman–Crippen LogP) is 18.7. The van der Waals surface area contributed by atoms with Crippen LogP contribution in [0.1, 0.15) is 265 Å². The van der Waals surface area contributed by atoms with E-state index in [9.17, 15) is 9.59 Å². The van der Waals surface area contributed by atoms with Gasteiger partial charge in [0.25, 0.3) is 0 Å². The van der Waals surface area contributed by atoms with Gasteiger partial charge in [-0.15, -0.1) is 0 Å². The zero-order chi connectivity index (χ0) is 46.3. The Morgan fingerprint density at radius 1 is 0.344 bits per heavy atom. The minimum atomic E-state index is -0.571. The Balaban J connectivity index is 4.37. The molecule has 0 saturated heterocycles. The number of carbonyl (C=O) groups excluding carboxylic acids is 2. The first-order valence-corrected chi connectivity index (χ1v) is 27.5. The van der Waals surface area contributed by atoms with Gasteiger partial charge in [0, 0.05) is 19.4 Å². The van der Waals surface area contributed by atoms with Crippen LogP contribution in [0, 0.1) is 0 Å². The van der Waals surface area contributed by atoms with Crippen molar-refractivity contribution in [3.63, 3.8) is 0 Å². The van der Waals surface area contributed by atoms with Crippen LogP contribution < -0.4 is 0 Å². The third-order valence-corrected chi connectivity index (χ3v) is 11.7. The molecule has 0 amide bonds. The lowest BCUT2D eigenvalue weighted by atomic mass is 10.0. The number of rotatable bonds is 50. The lowest BCUT2D eigenvalue weighted by Gasteiger charge is -2.18. The number of hydrogen-bond acceptors (Lipinski definition) is 5. The van der Waals surface area contributed by atoms with E-state index in [4.69, 9.17) is 14.2 Å². The van der Waals surface area contributed by atoms with Crippen molar-refractivity contribution >= 4 is 11.9 Å². The molecule has 0 bridgehead atoms. The number of ether oxygens (including phenoxy) is 3. The molecule has 0 N–H and O–H groups in total. The summed E-state index contributed by atoms with van der Waals surface area (Å²) in [6, 6.07) is 0. The van der Waals surface area contributed by atoms with E-state index in [1.165, 1.54) is 154 Å². The molecule has 1 atom stereocenters. The van der Waals surface area contributed by atoms with Crippen LogP contribution in [0.2, 0.25) is 0 Å². The first-order valence-electron chi connectivity index (χ1n) is 27.5. The van der Waals surface area contributed by atoms with Crippen LogP contribution in [0.4, 0.5) is 0 Å². The molecule has 5 nitrogen and oxygen atoms in total. The van der Waals surface area contributed by atoms with Gasteiger partial charge in [0.2, 0.25) is 0 Å². The van der Waals surface area contributed by atoms with Crippen molar-refractivity contribution < 1.29 is 23.8 Å². The second-order valence-electron chi connectivity index (χ2n) is 18.1. The Labute approximate surface area is 397 Å². The normalized spacial score (nSPS) is 12.7. The molecular weight excluding hydrogens is 789 g/mol. The Bertz CT molecular complexity index is 1150. The number of hydrogen-bond donors (Lipinski definition) is 0. The fourth-order valence-corrected chi connectivity index (χ4v) is 7.59. The summed E-state index contributed by atoms with van der Waals surface area (Å²) in [4.78, 5) is 25.4. The maximum Gasteiger partial charge on any atom is 0.306 e. The van der Waals surface area contributed by atoms with Gasteiger partial charge >= 0.3 is 11.9 Å². The summed E-state index contributed by atoms with van der Waals surface area (Å²) in [5.41, 5.74) is 0. The number of allylic oxidation sites excluding steroid dienone is 12. The van der Waals surface area contributed by atoms with Crippen LogP contribution in [0.15, 0.2) is 72.9 Å². The van der Waals surface area contributed by atoms with Crippen molar-refractivity contribution in [2.45, 2.75) is 271 Å². The molecule has 0 aliphatic rings. The van der Waals surface area contributed by atoms with Crippen LogP contribution in [0.3, 0.4) is 0 Å². The SMILES string of the molecule is CCCCC/C=C\C/C=C\C/C=C\C/C=C\CCCC(=O)O[C@H](COCCCCCCCCCCCCCCCCCC)COC(=O)CCCCCCC/C=C\C/C=C\CCCCC. The molecule has 0 heterocycles. The zero-order valence-electron chi connectivity index (χ0n) is 42.5. The van der Waals surface area contributed by atoms with Gasteiger partial charge in [-0.2, -0.15) is 0 Å². The molecule has 0 spiro atoms. The van der Waals surface area contributed by atoms with Gasteiger partial charge in [-0.05, 0) is 89.9 Å². The molecule has 0 aromatic rings. The third-order valence-electron chi connectivity index (χ3n) is 11.7. The van der Waals surface area contributed by atoms with E-state index >= 15 is 0 Å². The Hall–Kier alpha value is -2.66. The van der Waals surface area contributed by atoms with Gasteiger partial charge in [-0.1, -0.05) is 235 Å². The molecule has 0 saturated carbocycles. The minimum Gasteiger partial charge on any atom is -0.462 e. The fourth-order valence-electron chi connectivity index (χ4n) is 7.59. The van der Waals surface area contributed by atoms with Gasteiger partial charge < -0.3 is 14.2 Å². The van der Waals surface area contributed by atoms with Gasteiger partial charge in [0.15, 0.2) is 6.10 Å². The minimum absolute atomic E-state index is 0.0565. The van der Waals surface area contributed by atoms with Gasteiger partial charge in [-0.3, -0.25) is 9.59 Å². The van der Waals surface area contributed by atoms with Crippen LogP contribution in [-0.4, -0.2) is 37.9 Å². The molecule has 0 aliphatic carbocycles. The van der Waals surface area contributed by atoms with Crippen molar-refractivity contribution in [1.82, 2.24) is 0 Å². The van der Waals surface area contributed by atoms with Gasteiger partial charge in [-0.25, -0.2) is 0 Å². The smallest absolute Gasteiger partial charge is 0.306 e. The van der Waals surface area contributed by atoms with Crippen LogP contribution in [0.25, 0.3) is 0 Å². The van der Waals surface area contributed by atoms with E-state index in [-0.39, 0.29) is 25.2 Å². The summed E-state index contributed by atoms with van der Waals surface area (Å²) in [5.74, 6) is -0.471. The van der Waals surface area contributed by atoms with Crippen LogP contribution in [0.5, 0.6) is 0 Å². The van der Waals surface area contributed by atoms with E-state index in [1.54, 1.807) is 0 Å². The molecule has 0 aromatic heterocycles. The highest BCUT2D eigenvalue weighted by atomic mass is 16.6. The van der Waals surface area contributed by atoms with Crippen molar-refractivity contribution in [2.24, 2.45) is 0 Å². The molecule has 5 heteroatoms. The molecule has 0 aliphatic heterocycles. The predicted molar refractivity (Wildman–Crippen MR) is 279 cm³/mol. The molecule has 0 radical (unpaired) electrons. The van der Waals surface area contributed by atoms with Crippen molar-refractivity contribution in [3.8, 4) is 0 Å². The van der Waals surface area contributed by atoms with Crippen molar-refractivity contribution in [3.05, 3.63) is 72.9 Å².